The molecule has 0 radical (unpaired) electrons. The molecule has 0 spiro atoms. The fourth-order valence-electron chi connectivity index (χ4n) is 3.45. The van der Waals surface area contributed by atoms with Crippen LogP contribution in [-0.4, -0.2) is 23.6 Å². The van der Waals surface area contributed by atoms with E-state index in [0.717, 1.165) is 6.42 Å². The normalized spacial score (nSPS) is 27.8. The van der Waals surface area contributed by atoms with Gasteiger partial charge in [-0.25, -0.2) is 4.79 Å². The Balaban J connectivity index is 1.58. The number of benzene rings is 1. The summed E-state index contributed by atoms with van der Waals surface area (Å²) < 4.78 is 5.31. The largest absolute Gasteiger partial charge is 0.447 e. The van der Waals surface area contributed by atoms with Crippen LogP contribution in [0.3, 0.4) is 0 Å². The van der Waals surface area contributed by atoms with E-state index in [4.69, 9.17) is 4.74 Å². The monoisotopic (exact) mass is 287 g/mol. The highest BCUT2D eigenvalue weighted by molar-refractivity contribution is 5.71. The SMILES string of the molecule is CCCCCC[C@@H]1C[C@@H]1N1C(=O)OC[C@H]1c1ccccc1. The second-order valence-corrected chi connectivity index (χ2v) is 6.32. The molecule has 3 rings (SSSR count). The first-order valence-corrected chi connectivity index (χ1v) is 8.31. The molecule has 2 aliphatic rings. The second kappa shape index (κ2) is 6.50. The number of cyclic esters (lactones) is 1. The Labute approximate surface area is 127 Å². The lowest BCUT2D eigenvalue weighted by Gasteiger charge is -2.22. The molecule has 3 nitrogen and oxygen atoms in total. The van der Waals surface area contributed by atoms with E-state index >= 15 is 0 Å². The number of rotatable bonds is 7. The first kappa shape index (κ1) is 14.4. The Bertz CT molecular complexity index is 473. The minimum absolute atomic E-state index is 0.115. The predicted molar refractivity (Wildman–Crippen MR) is 83.0 cm³/mol. The fraction of sp³-hybridized carbons (Fsp3) is 0.611. The van der Waals surface area contributed by atoms with Gasteiger partial charge in [-0.15, -0.1) is 0 Å². The van der Waals surface area contributed by atoms with Crippen molar-refractivity contribution < 1.29 is 9.53 Å². The smallest absolute Gasteiger partial charge is 0.410 e. The van der Waals surface area contributed by atoms with E-state index in [1.807, 2.05) is 23.1 Å². The summed E-state index contributed by atoms with van der Waals surface area (Å²) in [6.07, 6.45) is 7.53. The zero-order chi connectivity index (χ0) is 14.7. The van der Waals surface area contributed by atoms with Crippen molar-refractivity contribution in [2.45, 2.75) is 57.5 Å². The highest BCUT2D eigenvalue weighted by Crippen LogP contribution is 2.45. The van der Waals surface area contributed by atoms with E-state index in [2.05, 4.69) is 19.1 Å². The second-order valence-electron chi connectivity index (χ2n) is 6.32. The molecule has 1 aromatic carbocycles. The molecule has 0 N–H and O–H groups in total. The zero-order valence-electron chi connectivity index (χ0n) is 12.8. The van der Waals surface area contributed by atoms with Gasteiger partial charge in [-0.1, -0.05) is 62.9 Å². The van der Waals surface area contributed by atoms with Crippen molar-refractivity contribution in [2.24, 2.45) is 5.92 Å². The van der Waals surface area contributed by atoms with Crippen molar-refractivity contribution in [1.82, 2.24) is 4.90 Å². The van der Waals surface area contributed by atoms with Crippen molar-refractivity contribution in [2.75, 3.05) is 6.61 Å². The van der Waals surface area contributed by atoms with Crippen molar-refractivity contribution in [3.8, 4) is 0 Å². The van der Waals surface area contributed by atoms with Crippen LogP contribution < -0.4 is 0 Å². The molecule has 1 saturated carbocycles. The average molecular weight is 287 g/mol. The summed E-state index contributed by atoms with van der Waals surface area (Å²) in [5.74, 6) is 0.693. The molecule has 0 bridgehead atoms. The minimum atomic E-state index is -0.120. The molecule has 1 aliphatic carbocycles. The standard InChI is InChI=1S/C18H25NO2/c1-2-3-4-6-11-15-12-16(15)19-17(13-21-18(19)20)14-9-7-5-8-10-14/h5,7-10,15-17H,2-4,6,11-13H2,1H3/t15-,16+,17+/m1/s1. The Hall–Kier alpha value is -1.51. The molecular formula is C18H25NO2. The average Bonchev–Trinajstić information content (AvgIpc) is 3.17. The Morgan fingerprint density at radius 3 is 2.76 bits per heavy atom. The molecule has 0 aromatic heterocycles. The van der Waals surface area contributed by atoms with Gasteiger partial charge in [-0.3, -0.25) is 4.90 Å². The first-order chi connectivity index (χ1) is 10.3. The molecule has 3 heteroatoms. The Morgan fingerprint density at radius 1 is 1.19 bits per heavy atom. The van der Waals surface area contributed by atoms with Crippen molar-refractivity contribution in [3.05, 3.63) is 35.9 Å². The van der Waals surface area contributed by atoms with Crippen molar-refractivity contribution in [1.29, 1.82) is 0 Å². The molecule has 3 atom stereocenters. The van der Waals surface area contributed by atoms with E-state index < -0.39 is 0 Å². The van der Waals surface area contributed by atoms with Gasteiger partial charge in [0.15, 0.2) is 0 Å². The summed E-state index contributed by atoms with van der Waals surface area (Å²) in [7, 11) is 0. The molecule has 21 heavy (non-hydrogen) atoms. The van der Waals surface area contributed by atoms with Crippen LogP contribution in [0.25, 0.3) is 0 Å². The summed E-state index contributed by atoms with van der Waals surface area (Å²) in [6.45, 7) is 2.74. The number of unbranched alkanes of at least 4 members (excludes halogenated alkanes) is 3. The maximum Gasteiger partial charge on any atom is 0.410 e. The fourth-order valence-corrected chi connectivity index (χ4v) is 3.45. The van der Waals surface area contributed by atoms with Crippen LogP contribution in [-0.2, 0) is 4.74 Å². The van der Waals surface area contributed by atoms with Gasteiger partial charge < -0.3 is 4.74 Å². The van der Waals surface area contributed by atoms with Gasteiger partial charge in [0.25, 0.3) is 0 Å². The van der Waals surface area contributed by atoms with Crippen LogP contribution in [0.15, 0.2) is 30.3 Å². The number of hydrogen-bond donors (Lipinski definition) is 0. The molecule has 1 saturated heterocycles. The number of carbonyl (C=O) groups is 1. The zero-order valence-corrected chi connectivity index (χ0v) is 12.8. The summed E-state index contributed by atoms with van der Waals surface area (Å²) in [6, 6.07) is 10.8. The van der Waals surface area contributed by atoms with Gasteiger partial charge in [0.2, 0.25) is 0 Å². The lowest BCUT2D eigenvalue weighted by Crippen LogP contribution is -2.31. The van der Waals surface area contributed by atoms with Gasteiger partial charge in [-0.2, -0.15) is 0 Å². The highest BCUT2D eigenvalue weighted by atomic mass is 16.6. The van der Waals surface area contributed by atoms with Crippen LogP contribution in [0.5, 0.6) is 0 Å². The van der Waals surface area contributed by atoms with Crippen LogP contribution in [0, 0.1) is 5.92 Å². The Kier molecular flexibility index (Phi) is 4.47. The molecule has 2 fully saturated rings. The molecule has 0 unspecified atom stereocenters. The molecule has 1 aromatic rings. The van der Waals surface area contributed by atoms with Crippen LogP contribution in [0.4, 0.5) is 4.79 Å². The number of hydrogen-bond acceptors (Lipinski definition) is 2. The third-order valence-corrected chi connectivity index (χ3v) is 4.77. The number of carbonyl (C=O) groups excluding carboxylic acids is 1. The third-order valence-electron chi connectivity index (χ3n) is 4.77. The minimum Gasteiger partial charge on any atom is -0.447 e. The summed E-state index contributed by atoms with van der Waals surface area (Å²) >= 11 is 0. The van der Waals surface area contributed by atoms with Gasteiger partial charge in [0.1, 0.15) is 6.61 Å². The van der Waals surface area contributed by atoms with E-state index in [1.54, 1.807) is 0 Å². The summed E-state index contributed by atoms with van der Waals surface area (Å²) in [4.78, 5) is 14.1. The molecule has 1 amide bonds. The lowest BCUT2D eigenvalue weighted by atomic mass is 10.1. The predicted octanol–water partition coefficient (Wildman–Crippen LogP) is 4.54. The molecular weight excluding hydrogens is 262 g/mol. The maximum absolute atomic E-state index is 12.1. The van der Waals surface area contributed by atoms with E-state index in [0.29, 0.717) is 18.6 Å². The van der Waals surface area contributed by atoms with Gasteiger partial charge in [0.05, 0.1) is 6.04 Å². The highest BCUT2D eigenvalue weighted by Gasteiger charge is 2.49. The molecule has 1 heterocycles. The maximum atomic E-state index is 12.1. The van der Waals surface area contributed by atoms with Gasteiger partial charge in [-0.05, 0) is 24.3 Å². The lowest BCUT2D eigenvalue weighted by molar-refractivity contribution is 0.154. The Morgan fingerprint density at radius 2 is 2.00 bits per heavy atom. The quantitative estimate of drug-likeness (QED) is 0.689. The molecule has 1 aliphatic heterocycles. The first-order valence-electron chi connectivity index (χ1n) is 8.31. The molecule has 114 valence electrons. The topological polar surface area (TPSA) is 29.5 Å². The number of nitrogens with zero attached hydrogens (tertiary/aromatic N) is 1. The van der Waals surface area contributed by atoms with Crippen molar-refractivity contribution >= 4 is 6.09 Å². The van der Waals surface area contributed by atoms with Crippen LogP contribution in [0.2, 0.25) is 0 Å². The van der Waals surface area contributed by atoms with Crippen LogP contribution >= 0.6 is 0 Å². The van der Waals surface area contributed by atoms with E-state index in [-0.39, 0.29) is 12.1 Å². The van der Waals surface area contributed by atoms with Crippen molar-refractivity contribution in [3.63, 3.8) is 0 Å². The van der Waals surface area contributed by atoms with E-state index in [9.17, 15) is 4.79 Å². The van der Waals surface area contributed by atoms with E-state index in [1.165, 1.54) is 37.7 Å². The van der Waals surface area contributed by atoms with Crippen LogP contribution in [0.1, 0.15) is 57.1 Å². The third kappa shape index (κ3) is 3.22. The summed E-state index contributed by atoms with van der Waals surface area (Å²) in [5, 5.41) is 0. The number of ether oxygens (including phenoxy) is 1. The summed E-state index contributed by atoms with van der Waals surface area (Å²) in [5.41, 5.74) is 1.19. The van der Waals surface area contributed by atoms with Gasteiger partial charge >= 0.3 is 6.09 Å². The van der Waals surface area contributed by atoms with Gasteiger partial charge in [0, 0.05) is 6.04 Å². The number of amides is 1.